The van der Waals surface area contributed by atoms with Crippen LogP contribution in [0, 0.1) is 11.6 Å². The highest BCUT2D eigenvalue weighted by Gasteiger charge is 2.16. The fourth-order valence-corrected chi connectivity index (χ4v) is 2.90. The fourth-order valence-electron chi connectivity index (χ4n) is 2.90. The van der Waals surface area contributed by atoms with Crippen molar-refractivity contribution in [2.24, 2.45) is 0 Å². The molecule has 29 heavy (non-hydrogen) atoms. The topological polar surface area (TPSA) is 57.1 Å². The summed E-state index contributed by atoms with van der Waals surface area (Å²) in [7, 11) is 1.58. The zero-order chi connectivity index (χ0) is 20.2. The van der Waals surface area contributed by atoms with Crippen molar-refractivity contribution in [2.45, 2.75) is 0 Å². The van der Waals surface area contributed by atoms with E-state index in [4.69, 9.17) is 19.4 Å². The molecule has 4 rings (SSSR count). The standard InChI is InChI=1S/C22H17F2N3O2/c1-28-12-13-29-22-21-18(10-11-25-22)26-19(14-2-6-16(23)7-3-14)20(27-21)15-4-8-17(24)9-5-15/h2-11H,12-13H2,1H3. The summed E-state index contributed by atoms with van der Waals surface area (Å²) in [5.74, 6) is -0.360. The number of ether oxygens (including phenoxy) is 2. The van der Waals surface area contributed by atoms with Crippen molar-refractivity contribution in [3.8, 4) is 28.4 Å². The van der Waals surface area contributed by atoms with Gasteiger partial charge in [0.25, 0.3) is 0 Å². The molecule has 0 fully saturated rings. The second-order valence-electron chi connectivity index (χ2n) is 6.26. The average Bonchev–Trinajstić information content (AvgIpc) is 2.74. The second-order valence-corrected chi connectivity index (χ2v) is 6.26. The van der Waals surface area contributed by atoms with Crippen LogP contribution in [0.2, 0.25) is 0 Å². The Labute approximate surface area is 166 Å². The molecule has 0 aliphatic rings. The summed E-state index contributed by atoms with van der Waals surface area (Å²) >= 11 is 0. The van der Waals surface area contributed by atoms with E-state index in [0.29, 0.717) is 52.6 Å². The summed E-state index contributed by atoms with van der Waals surface area (Å²) in [5.41, 5.74) is 3.50. The van der Waals surface area contributed by atoms with Crippen molar-refractivity contribution in [3.63, 3.8) is 0 Å². The van der Waals surface area contributed by atoms with Gasteiger partial charge in [-0.1, -0.05) is 0 Å². The normalized spacial score (nSPS) is 11.0. The van der Waals surface area contributed by atoms with Gasteiger partial charge in [-0.3, -0.25) is 0 Å². The molecule has 0 unspecified atom stereocenters. The van der Waals surface area contributed by atoms with Crippen LogP contribution in [-0.4, -0.2) is 35.3 Å². The van der Waals surface area contributed by atoms with E-state index in [0.717, 1.165) is 0 Å². The van der Waals surface area contributed by atoms with E-state index in [2.05, 4.69) is 4.98 Å². The first-order valence-electron chi connectivity index (χ1n) is 8.96. The van der Waals surface area contributed by atoms with Gasteiger partial charge >= 0.3 is 0 Å². The molecule has 0 N–H and O–H groups in total. The van der Waals surface area contributed by atoms with E-state index in [1.54, 1.807) is 43.6 Å². The third-order valence-corrected chi connectivity index (χ3v) is 4.31. The second kappa shape index (κ2) is 8.28. The monoisotopic (exact) mass is 393 g/mol. The first kappa shape index (κ1) is 18.9. The minimum Gasteiger partial charge on any atom is -0.474 e. The molecule has 2 aromatic heterocycles. The van der Waals surface area contributed by atoms with E-state index in [1.807, 2.05) is 0 Å². The number of rotatable bonds is 6. The van der Waals surface area contributed by atoms with Crippen LogP contribution in [0.4, 0.5) is 8.78 Å². The summed E-state index contributed by atoms with van der Waals surface area (Å²) in [5, 5.41) is 0. The van der Waals surface area contributed by atoms with Gasteiger partial charge in [0.05, 0.1) is 23.5 Å². The Morgan fingerprint density at radius 3 is 1.93 bits per heavy atom. The molecule has 0 spiro atoms. The van der Waals surface area contributed by atoms with Crippen molar-refractivity contribution < 1.29 is 18.3 Å². The van der Waals surface area contributed by atoms with Crippen LogP contribution in [-0.2, 0) is 4.74 Å². The van der Waals surface area contributed by atoms with Crippen molar-refractivity contribution >= 4 is 11.0 Å². The molecule has 5 nitrogen and oxygen atoms in total. The quantitative estimate of drug-likeness (QED) is 0.446. The van der Waals surface area contributed by atoms with Crippen LogP contribution in [0.15, 0.2) is 60.8 Å². The van der Waals surface area contributed by atoms with Gasteiger partial charge < -0.3 is 9.47 Å². The van der Waals surface area contributed by atoms with Gasteiger partial charge in [-0.2, -0.15) is 0 Å². The van der Waals surface area contributed by atoms with Crippen molar-refractivity contribution in [1.82, 2.24) is 15.0 Å². The predicted octanol–water partition coefficient (Wildman–Crippen LogP) is 4.66. The van der Waals surface area contributed by atoms with Crippen LogP contribution in [0.25, 0.3) is 33.5 Å². The highest BCUT2D eigenvalue weighted by atomic mass is 19.1. The van der Waals surface area contributed by atoms with E-state index in [-0.39, 0.29) is 11.6 Å². The number of hydrogen-bond donors (Lipinski definition) is 0. The maximum Gasteiger partial charge on any atom is 0.242 e. The highest BCUT2D eigenvalue weighted by Crippen LogP contribution is 2.33. The van der Waals surface area contributed by atoms with Gasteiger partial charge in [0.15, 0.2) is 5.52 Å². The van der Waals surface area contributed by atoms with E-state index in [9.17, 15) is 8.78 Å². The lowest BCUT2D eigenvalue weighted by molar-refractivity contribution is 0.144. The molecule has 0 atom stereocenters. The summed E-state index contributed by atoms with van der Waals surface area (Å²) in [4.78, 5) is 13.7. The number of pyridine rings is 1. The maximum absolute atomic E-state index is 13.4. The van der Waals surface area contributed by atoms with E-state index < -0.39 is 0 Å². The molecule has 0 bridgehead atoms. The van der Waals surface area contributed by atoms with Gasteiger partial charge in [-0.15, -0.1) is 0 Å². The van der Waals surface area contributed by atoms with E-state index >= 15 is 0 Å². The van der Waals surface area contributed by atoms with Gasteiger partial charge in [0, 0.05) is 24.4 Å². The molecular formula is C22H17F2N3O2. The van der Waals surface area contributed by atoms with Gasteiger partial charge in [-0.05, 0) is 54.6 Å². The first-order chi connectivity index (χ1) is 14.2. The molecule has 0 amide bonds. The molecule has 4 aromatic rings. The molecule has 2 heterocycles. The number of aromatic nitrogens is 3. The van der Waals surface area contributed by atoms with E-state index in [1.165, 1.54) is 24.3 Å². The smallest absolute Gasteiger partial charge is 0.242 e. The lowest BCUT2D eigenvalue weighted by Gasteiger charge is -2.12. The average molecular weight is 393 g/mol. The summed E-state index contributed by atoms with van der Waals surface area (Å²) in [6, 6.07) is 13.7. The number of hydrogen-bond acceptors (Lipinski definition) is 5. The summed E-state index contributed by atoms with van der Waals surface area (Å²) in [6.45, 7) is 0.722. The third-order valence-electron chi connectivity index (χ3n) is 4.31. The van der Waals surface area contributed by atoms with Crippen LogP contribution in [0.5, 0.6) is 5.88 Å². The molecular weight excluding hydrogens is 376 g/mol. The minimum absolute atomic E-state index is 0.315. The number of fused-ring (bicyclic) bond motifs is 1. The predicted molar refractivity (Wildman–Crippen MR) is 105 cm³/mol. The number of halogens is 2. The van der Waals surface area contributed by atoms with Crippen molar-refractivity contribution in [3.05, 3.63) is 72.4 Å². The van der Waals surface area contributed by atoms with Gasteiger partial charge in [-0.25, -0.2) is 23.7 Å². The zero-order valence-electron chi connectivity index (χ0n) is 15.6. The molecule has 146 valence electrons. The van der Waals surface area contributed by atoms with Crippen LogP contribution in [0.3, 0.4) is 0 Å². The molecule has 0 aliphatic carbocycles. The summed E-state index contributed by atoms with van der Waals surface area (Å²) in [6.07, 6.45) is 1.59. The fraction of sp³-hybridized carbons (Fsp3) is 0.136. The Hall–Kier alpha value is -3.45. The van der Waals surface area contributed by atoms with Crippen LogP contribution in [0.1, 0.15) is 0 Å². The van der Waals surface area contributed by atoms with Crippen LogP contribution < -0.4 is 4.74 Å². The Kier molecular flexibility index (Phi) is 5.39. The lowest BCUT2D eigenvalue weighted by atomic mass is 10.0. The Balaban J connectivity index is 1.91. The third kappa shape index (κ3) is 4.05. The van der Waals surface area contributed by atoms with Crippen molar-refractivity contribution in [2.75, 3.05) is 20.3 Å². The Morgan fingerprint density at radius 2 is 1.34 bits per heavy atom. The Bertz CT molecular complexity index is 1130. The molecule has 0 saturated heterocycles. The highest BCUT2D eigenvalue weighted by molar-refractivity contribution is 5.88. The number of benzene rings is 2. The maximum atomic E-state index is 13.4. The number of methoxy groups -OCH3 is 1. The summed E-state index contributed by atoms with van der Waals surface area (Å²) < 4.78 is 37.5. The molecule has 2 aromatic carbocycles. The Morgan fingerprint density at radius 1 is 0.759 bits per heavy atom. The molecule has 0 saturated carbocycles. The first-order valence-corrected chi connectivity index (χ1v) is 8.96. The van der Waals surface area contributed by atoms with Crippen molar-refractivity contribution in [1.29, 1.82) is 0 Å². The van der Waals surface area contributed by atoms with Gasteiger partial charge in [0.2, 0.25) is 5.88 Å². The molecule has 7 heteroatoms. The lowest BCUT2D eigenvalue weighted by Crippen LogP contribution is -2.07. The molecule has 0 radical (unpaired) electrons. The zero-order valence-corrected chi connectivity index (χ0v) is 15.6. The minimum atomic E-state index is -0.351. The SMILES string of the molecule is COCCOc1nccc2nc(-c3ccc(F)cc3)c(-c3ccc(F)cc3)nc12. The van der Waals surface area contributed by atoms with Gasteiger partial charge in [0.1, 0.15) is 18.2 Å². The largest absolute Gasteiger partial charge is 0.474 e. The molecule has 0 aliphatic heterocycles. The van der Waals surface area contributed by atoms with Crippen LogP contribution >= 0.6 is 0 Å². The number of nitrogens with zero attached hydrogens (tertiary/aromatic N) is 3.